The van der Waals surface area contributed by atoms with Gasteiger partial charge in [0.25, 0.3) is 0 Å². The Morgan fingerprint density at radius 1 is 1.19 bits per heavy atom. The number of hydrogen-bond acceptors (Lipinski definition) is 5. The Labute approximate surface area is 186 Å². The summed E-state index contributed by atoms with van der Waals surface area (Å²) >= 11 is 6.22. The first-order valence-electron chi connectivity index (χ1n) is 10.4. The van der Waals surface area contributed by atoms with E-state index in [2.05, 4.69) is 47.8 Å². The number of aryl methyl sites for hydroxylation is 1. The number of aromatic nitrogens is 2. The second-order valence-electron chi connectivity index (χ2n) is 8.11. The summed E-state index contributed by atoms with van der Waals surface area (Å²) in [6.45, 7) is 4.08. The van der Waals surface area contributed by atoms with Gasteiger partial charge < -0.3 is 4.74 Å². The van der Waals surface area contributed by atoms with Crippen LogP contribution >= 0.6 is 11.6 Å². The van der Waals surface area contributed by atoms with E-state index in [4.69, 9.17) is 26.7 Å². The van der Waals surface area contributed by atoms with Gasteiger partial charge in [0.05, 0.1) is 22.0 Å². The molecule has 2 aliphatic rings. The van der Waals surface area contributed by atoms with Gasteiger partial charge >= 0.3 is 0 Å². The Bertz CT molecular complexity index is 1220. The molecule has 3 aromatic rings. The van der Waals surface area contributed by atoms with E-state index in [1.54, 1.807) is 12.1 Å². The maximum atomic E-state index is 9.10. The Morgan fingerprint density at radius 2 is 1.97 bits per heavy atom. The van der Waals surface area contributed by atoms with Crippen molar-refractivity contribution >= 4 is 17.5 Å². The van der Waals surface area contributed by atoms with Crippen molar-refractivity contribution in [2.45, 2.75) is 39.3 Å². The number of hydrazone groups is 1. The van der Waals surface area contributed by atoms with Crippen LogP contribution < -0.4 is 5.43 Å². The van der Waals surface area contributed by atoms with Crippen molar-refractivity contribution in [2.24, 2.45) is 11.0 Å². The average molecular weight is 432 g/mol. The highest BCUT2D eigenvalue weighted by atomic mass is 35.5. The van der Waals surface area contributed by atoms with Crippen molar-refractivity contribution in [2.75, 3.05) is 0 Å². The molecule has 1 atom stereocenters. The standard InChI is InChI=1S/C24H22ClN5O/c1-14-21(15(2)30(29-14)20-10-9-19(13-26)22(25)12-20)11-16-3-5-17(6-4-16)23-27-28-24(31-23)18-7-8-18/h3-6,9-10,12,18,23,27H,7-8,11H2,1-2H3. The van der Waals surface area contributed by atoms with E-state index in [0.717, 1.165) is 35.0 Å². The van der Waals surface area contributed by atoms with Gasteiger partial charge in [-0.05, 0) is 50.5 Å². The predicted molar refractivity (Wildman–Crippen MR) is 119 cm³/mol. The number of rotatable bonds is 5. The summed E-state index contributed by atoms with van der Waals surface area (Å²) in [4.78, 5) is 0. The summed E-state index contributed by atoms with van der Waals surface area (Å²) in [5.41, 5.74) is 9.89. The number of halogens is 1. The first-order valence-corrected chi connectivity index (χ1v) is 10.7. The second kappa shape index (κ2) is 7.75. The lowest BCUT2D eigenvalue weighted by molar-refractivity contribution is 0.185. The van der Waals surface area contributed by atoms with Gasteiger partial charge in [0.15, 0.2) is 0 Å². The Kier molecular flexibility index (Phi) is 4.91. The molecular formula is C24H22ClN5O. The maximum Gasteiger partial charge on any atom is 0.212 e. The van der Waals surface area contributed by atoms with E-state index in [1.807, 2.05) is 17.7 Å². The van der Waals surface area contributed by atoms with Crippen molar-refractivity contribution in [1.29, 1.82) is 5.26 Å². The van der Waals surface area contributed by atoms with Crippen LogP contribution in [0.5, 0.6) is 0 Å². The SMILES string of the molecule is Cc1nn(-c2ccc(C#N)c(Cl)c2)c(C)c1Cc1ccc(C2NN=C(C3CC3)O2)cc1. The summed E-state index contributed by atoms with van der Waals surface area (Å²) in [6, 6.07) is 15.9. The van der Waals surface area contributed by atoms with Gasteiger partial charge in [0.1, 0.15) is 6.07 Å². The first-order chi connectivity index (χ1) is 15.0. The van der Waals surface area contributed by atoms with Gasteiger partial charge in [0, 0.05) is 29.2 Å². The summed E-state index contributed by atoms with van der Waals surface area (Å²) < 4.78 is 7.83. The van der Waals surface area contributed by atoms with E-state index < -0.39 is 0 Å². The summed E-state index contributed by atoms with van der Waals surface area (Å²) in [7, 11) is 0. The Morgan fingerprint density at radius 3 is 2.65 bits per heavy atom. The highest BCUT2D eigenvalue weighted by Crippen LogP contribution is 2.35. The largest absolute Gasteiger partial charge is 0.450 e. The number of hydrogen-bond donors (Lipinski definition) is 1. The fraction of sp³-hybridized carbons (Fsp3) is 0.292. The third-order valence-electron chi connectivity index (χ3n) is 5.88. The highest BCUT2D eigenvalue weighted by molar-refractivity contribution is 6.31. The molecule has 0 saturated heterocycles. The van der Waals surface area contributed by atoms with E-state index >= 15 is 0 Å². The molecule has 0 radical (unpaired) electrons. The van der Waals surface area contributed by atoms with Gasteiger partial charge in [-0.15, -0.1) is 5.10 Å². The third-order valence-corrected chi connectivity index (χ3v) is 6.19. The molecule has 1 unspecified atom stereocenters. The first kappa shape index (κ1) is 19.7. The maximum absolute atomic E-state index is 9.10. The number of ether oxygens (including phenoxy) is 1. The van der Waals surface area contributed by atoms with Gasteiger partial charge in [0.2, 0.25) is 12.1 Å². The molecule has 0 amide bonds. The molecule has 1 saturated carbocycles. The van der Waals surface area contributed by atoms with Crippen molar-refractivity contribution in [3.63, 3.8) is 0 Å². The number of benzene rings is 2. The molecule has 2 heterocycles. The fourth-order valence-corrected chi connectivity index (χ4v) is 4.10. The van der Waals surface area contributed by atoms with E-state index in [1.165, 1.54) is 24.0 Å². The quantitative estimate of drug-likeness (QED) is 0.620. The molecule has 156 valence electrons. The topological polar surface area (TPSA) is 75.2 Å². The van der Waals surface area contributed by atoms with E-state index in [9.17, 15) is 0 Å². The molecule has 1 N–H and O–H groups in total. The summed E-state index contributed by atoms with van der Waals surface area (Å²) in [5, 5.41) is 18.6. The zero-order chi connectivity index (χ0) is 21.5. The van der Waals surface area contributed by atoms with Crippen LogP contribution in [0, 0.1) is 31.1 Å². The van der Waals surface area contributed by atoms with Crippen molar-refractivity contribution in [3.8, 4) is 11.8 Å². The van der Waals surface area contributed by atoms with Crippen LogP contribution in [0.2, 0.25) is 5.02 Å². The minimum atomic E-state index is -0.197. The smallest absolute Gasteiger partial charge is 0.212 e. The molecule has 1 aliphatic heterocycles. The number of nitrogens with zero attached hydrogens (tertiary/aromatic N) is 4. The summed E-state index contributed by atoms with van der Waals surface area (Å²) in [6.07, 6.45) is 2.93. The van der Waals surface area contributed by atoms with Crippen LogP contribution in [0.4, 0.5) is 0 Å². The van der Waals surface area contributed by atoms with Crippen LogP contribution in [-0.2, 0) is 11.2 Å². The molecule has 7 heteroatoms. The molecule has 6 nitrogen and oxygen atoms in total. The molecule has 2 aromatic carbocycles. The van der Waals surface area contributed by atoms with Gasteiger partial charge in [-0.25, -0.2) is 4.68 Å². The molecule has 0 bridgehead atoms. The van der Waals surface area contributed by atoms with Gasteiger partial charge in [-0.2, -0.15) is 10.4 Å². The minimum absolute atomic E-state index is 0.197. The molecule has 0 spiro atoms. The lowest BCUT2D eigenvalue weighted by atomic mass is 10.0. The van der Waals surface area contributed by atoms with E-state index in [0.29, 0.717) is 16.5 Å². The number of nitriles is 1. The van der Waals surface area contributed by atoms with Crippen molar-refractivity contribution in [3.05, 3.63) is 81.1 Å². The second-order valence-corrected chi connectivity index (χ2v) is 8.51. The Hall–Kier alpha value is -3.30. The van der Waals surface area contributed by atoms with Crippen LogP contribution in [0.25, 0.3) is 5.69 Å². The molecule has 5 rings (SSSR count). The third kappa shape index (κ3) is 3.77. The van der Waals surface area contributed by atoms with Crippen LogP contribution in [0.15, 0.2) is 47.6 Å². The number of nitrogens with one attached hydrogen (secondary N) is 1. The van der Waals surface area contributed by atoms with Crippen LogP contribution in [-0.4, -0.2) is 15.7 Å². The molecular weight excluding hydrogens is 410 g/mol. The summed E-state index contributed by atoms with van der Waals surface area (Å²) in [5.74, 6) is 1.35. The molecule has 31 heavy (non-hydrogen) atoms. The van der Waals surface area contributed by atoms with Gasteiger partial charge in [-0.1, -0.05) is 35.9 Å². The lowest BCUT2D eigenvalue weighted by Gasteiger charge is -2.12. The van der Waals surface area contributed by atoms with Crippen LogP contribution in [0.1, 0.15) is 52.7 Å². The molecule has 1 aliphatic carbocycles. The average Bonchev–Trinajstić information content (AvgIpc) is 3.45. The highest BCUT2D eigenvalue weighted by Gasteiger charge is 2.34. The Balaban J connectivity index is 1.33. The molecule has 1 fully saturated rings. The zero-order valence-corrected chi connectivity index (χ0v) is 18.1. The zero-order valence-electron chi connectivity index (χ0n) is 17.4. The van der Waals surface area contributed by atoms with Crippen LogP contribution in [0.3, 0.4) is 0 Å². The monoisotopic (exact) mass is 431 g/mol. The lowest BCUT2D eigenvalue weighted by Crippen LogP contribution is -2.12. The van der Waals surface area contributed by atoms with Gasteiger partial charge in [-0.3, -0.25) is 5.43 Å². The molecule has 1 aromatic heterocycles. The normalized spacial score (nSPS) is 17.6. The fourth-order valence-electron chi connectivity index (χ4n) is 3.88. The predicted octanol–water partition coefficient (Wildman–Crippen LogP) is 4.95. The minimum Gasteiger partial charge on any atom is -0.450 e. The van der Waals surface area contributed by atoms with E-state index in [-0.39, 0.29) is 6.23 Å². The van der Waals surface area contributed by atoms with Crippen molar-refractivity contribution < 1.29 is 4.74 Å². The van der Waals surface area contributed by atoms with Crippen molar-refractivity contribution in [1.82, 2.24) is 15.2 Å².